The molecule has 1 atom stereocenters. The first-order chi connectivity index (χ1) is 9.37. The first-order valence-electron chi connectivity index (χ1n) is 6.25. The van der Waals surface area contributed by atoms with Crippen molar-refractivity contribution in [2.75, 3.05) is 18.9 Å². The van der Waals surface area contributed by atoms with Gasteiger partial charge in [-0.3, -0.25) is 0 Å². The number of halogens is 2. The molecule has 2 rings (SSSR count). The average Bonchev–Trinajstić information content (AvgIpc) is 2.42. The van der Waals surface area contributed by atoms with Crippen molar-refractivity contribution < 1.29 is 17.9 Å². The predicted octanol–water partition coefficient (Wildman–Crippen LogP) is 1.71. The molecule has 1 heterocycles. The summed E-state index contributed by atoms with van der Waals surface area (Å²) in [5, 5.41) is 9.34. The van der Waals surface area contributed by atoms with Crippen LogP contribution < -0.4 is 5.73 Å². The van der Waals surface area contributed by atoms with E-state index in [0.29, 0.717) is 13.0 Å². The maximum Gasteiger partial charge on any atom is 0.244 e. The summed E-state index contributed by atoms with van der Waals surface area (Å²) in [5.41, 5.74) is 5.24. The summed E-state index contributed by atoms with van der Waals surface area (Å²) in [5.74, 6) is -0.673. The topological polar surface area (TPSA) is 83.6 Å². The molecule has 0 saturated carbocycles. The van der Waals surface area contributed by atoms with Gasteiger partial charge in [0.05, 0.1) is 17.2 Å². The SMILES string of the molecule is Nc1cc(S(=O)(=O)N2CCCCC2CO)c(Br)cc1F. The monoisotopic (exact) mass is 366 g/mol. The normalized spacial score (nSPS) is 21.1. The molecule has 1 aliphatic rings. The lowest BCUT2D eigenvalue weighted by Crippen LogP contribution is -2.45. The van der Waals surface area contributed by atoms with E-state index in [-0.39, 0.29) is 21.7 Å². The van der Waals surface area contributed by atoms with E-state index in [0.717, 1.165) is 25.0 Å². The van der Waals surface area contributed by atoms with E-state index < -0.39 is 21.9 Å². The lowest BCUT2D eigenvalue weighted by Gasteiger charge is -2.33. The molecule has 0 amide bonds. The van der Waals surface area contributed by atoms with E-state index in [4.69, 9.17) is 5.73 Å². The minimum atomic E-state index is -3.81. The van der Waals surface area contributed by atoms with Gasteiger partial charge in [-0.25, -0.2) is 12.8 Å². The molecular formula is C12H16BrFN2O3S. The van der Waals surface area contributed by atoms with Crippen LogP contribution in [0, 0.1) is 5.82 Å². The summed E-state index contributed by atoms with van der Waals surface area (Å²) in [7, 11) is -3.81. The Hall–Kier alpha value is -0.700. The van der Waals surface area contributed by atoms with Crippen molar-refractivity contribution in [1.82, 2.24) is 4.31 Å². The third-order valence-corrected chi connectivity index (χ3v) is 6.33. The number of piperidine rings is 1. The summed E-state index contributed by atoms with van der Waals surface area (Å²) in [6.45, 7) is 0.116. The highest BCUT2D eigenvalue weighted by Gasteiger charge is 2.34. The smallest absolute Gasteiger partial charge is 0.244 e. The van der Waals surface area contributed by atoms with Gasteiger partial charge in [0, 0.05) is 17.1 Å². The van der Waals surface area contributed by atoms with Crippen LogP contribution in [0.15, 0.2) is 21.5 Å². The van der Waals surface area contributed by atoms with Gasteiger partial charge in [-0.15, -0.1) is 0 Å². The van der Waals surface area contributed by atoms with Crippen LogP contribution in [0.25, 0.3) is 0 Å². The highest BCUT2D eigenvalue weighted by molar-refractivity contribution is 9.10. The Kier molecular flexibility index (Phi) is 4.68. The maximum absolute atomic E-state index is 13.3. The first-order valence-corrected chi connectivity index (χ1v) is 8.48. The summed E-state index contributed by atoms with van der Waals surface area (Å²) in [4.78, 5) is -0.0725. The molecule has 1 saturated heterocycles. The van der Waals surface area contributed by atoms with Crippen molar-refractivity contribution in [3.8, 4) is 0 Å². The number of aliphatic hydroxyl groups is 1. The summed E-state index contributed by atoms with van der Waals surface area (Å²) in [6, 6.07) is 1.71. The molecule has 0 spiro atoms. The van der Waals surface area contributed by atoms with Crippen LogP contribution >= 0.6 is 15.9 Å². The molecule has 0 aromatic heterocycles. The standard InChI is InChI=1S/C12H16BrFN2O3S/c13-9-5-10(14)11(15)6-12(9)20(18,19)16-4-2-1-3-8(16)7-17/h5-6,8,17H,1-4,7,15H2. The van der Waals surface area contributed by atoms with Crippen molar-refractivity contribution >= 4 is 31.6 Å². The average molecular weight is 367 g/mol. The fourth-order valence-electron chi connectivity index (χ4n) is 2.34. The molecule has 112 valence electrons. The number of hydrogen-bond acceptors (Lipinski definition) is 4. The molecule has 1 aliphatic heterocycles. The van der Waals surface area contributed by atoms with Crippen molar-refractivity contribution in [1.29, 1.82) is 0 Å². The van der Waals surface area contributed by atoms with Crippen LogP contribution in [-0.4, -0.2) is 37.0 Å². The molecule has 0 radical (unpaired) electrons. The zero-order chi connectivity index (χ0) is 14.9. The van der Waals surface area contributed by atoms with E-state index in [2.05, 4.69) is 15.9 Å². The van der Waals surface area contributed by atoms with Crippen LogP contribution in [0.3, 0.4) is 0 Å². The molecule has 1 aromatic carbocycles. The van der Waals surface area contributed by atoms with Crippen LogP contribution in [-0.2, 0) is 10.0 Å². The van der Waals surface area contributed by atoms with E-state index in [1.165, 1.54) is 4.31 Å². The van der Waals surface area contributed by atoms with Gasteiger partial charge in [-0.1, -0.05) is 6.42 Å². The molecule has 5 nitrogen and oxygen atoms in total. The number of anilines is 1. The van der Waals surface area contributed by atoms with Gasteiger partial charge in [-0.05, 0) is 40.9 Å². The maximum atomic E-state index is 13.3. The molecular weight excluding hydrogens is 351 g/mol. The molecule has 0 bridgehead atoms. The van der Waals surface area contributed by atoms with E-state index in [1.807, 2.05) is 0 Å². The van der Waals surface area contributed by atoms with Gasteiger partial charge in [0.1, 0.15) is 5.82 Å². The number of nitrogen functional groups attached to an aromatic ring is 1. The van der Waals surface area contributed by atoms with Crippen molar-refractivity contribution in [2.45, 2.75) is 30.2 Å². The zero-order valence-corrected chi connectivity index (χ0v) is 13.1. The number of nitrogens with zero attached hydrogens (tertiary/aromatic N) is 1. The van der Waals surface area contributed by atoms with Crippen LogP contribution in [0.4, 0.5) is 10.1 Å². The van der Waals surface area contributed by atoms with Crippen molar-refractivity contribution in [3.05, 3.63) is 22.4 Å². The largest absolute Gasteiger partial charge is 0.396 e. The Morgan fingerprint density at radius 1 is 1.45 bits per heavy atom. The van der Waals surface area contributed by atoms with Gasteiger partial charge in [0.2, 0.25) is 10.0 Å². The Balaban J connectivity index is 2.46. The van der Waals surface area contributed by atoms with Crippen LogP contribution in [0.5, 0.6) is 0 Å². The fraction of sp³-hybridized carbons (Fsp3) is 0.500. The summed E-state index contributed by atoms with van der Waals surface area (Å²) >= 11 is 3.06. The van der Waals surface area contributed by atoms with Crippen LogP contribution in [0.2, 0.25) is 0 Å². The highest BCUT2D eigenvalue weighted by Crippen LogP contribution is 2.32. The second-order valence-corrected chi connectivity index (χ2v) is 7.47. The molecule has 20 heavy (non-hydrogen) atoms. The second kappa shape index (κ2) is 5.97. The Labute approximate surface area is 125 Å². The highest BCUT2D eigenvalue weighted by atomic mass is 79.9. The van der Waals surface area contributed by atoms with Gasteiger partial charge >= 0.3 is 0 Å². The second-order valence-electron chi connectivity index (χ2n) is 4.75. The van der Waals surface area contributed by atoms with Gasteiger partial charge in [0.25, 0.3) is 0 Å². The minimum Gasteiger partial charge on any atom is -0.396 e. The zero-order valence-electron chi connectivity index (χ0n) is 10.7. The lowest BCUT2D eigenvalue weighted by molar-refractivity contribution is 0.155. The number of rotatable bonds is 3. The summed E-state index contributed by atoms with van der Waals surface area (Å²) < 4.78 is 40.0. The first kappa shape index (κ1) is 15.7. The number of nitrogens with two attached hydrogens (primary N) is 1. The molecule has 8 heteroatoms. The summed E-state index contributed by atoms with van der Waals surface area (Å²) in [6.07, 6.45) is 2.23. The number of sulfonamides is 1. The molecule has 1 fully saturated rings. The lowest BCUT2D eigenvalue weighted by atomic mass is 10.1. The van der Waals surface area contributed by atoms with Crippen molar-refractivity contribution in [2.24, 2.45) is 0 Å². The Morgan fingerprint density at radius 3 is 2.80 bits per heavy atom. The number of hydrogen-bond donors (Lipinski definition) is 2. The van der Waals surface area contributed by atoms with Gasteiger partial charge in [0.15, 0.2) is 0 Å². The predicted molar refractivity (Wildman–Crippen MR) is 77.1 cm³/mol. The minimum absolute atomic E-state index is 0.0725. The molecule has 1 unspecified atom stereocenters. The number of aliphatic hydroxyl groups excluding tert-OH is 1. The quantitative estimate of drug-likeness (QED) is 0.797. The van der Waals surface area contributed by atoms with Crippen molar-refractivity contribution in [3.63, 3.8) is 0 Å². The van der Waals surface area contributed by atoms with E-state index in [9.17, 15) is 17.9 Å². The van der Waals surface area contributed by atoms with E-state index >= 15 is 0 Å². The fourth-order valence-corrected chi connectivity index (χ4v) is 5.04. The molecule has 1 aromatic rings. The molecule has 3 N–H and O–H groups in total. The third kappa shape index (κ3) is 2.83. The van der Waals surface area contributed by atoms with Gasteiger partial charge in [-0.2, -0.15) is 4.31 Å². The van der Waals surface area contributed by atoms with Gasteiger partial charge < -0.3 is 10.8 Å². The Bertz CT molecular complexity index is 609. The third-order valence-electron chi connectivity index (χ3n) is 3.42. The van der Waals surface area contributed by atoms with Crippen LogP contribution in [0.1, 0.15) is 19.3 Å². The Morgan fingerprint density at radius 2 is 2.15 bits per heavy atom. The number of benzene rings is 1. The van der Waals surface area contributed by atoms with E-state index in [1.54, 1.807) is 0 Å². The molecule has 0 aliphatic carbocycles.